The Balaban J connectivity index is 2.02. The van der Waals surface area contributed by atoms with E-state index in [4.69, 9.17) is 5.73 Å². The maximum absolute atomic E-state index is 6.84. The number of hydrogen-bond donors (Lipinski definition) is 1. The molecule has 0 amide bonds. The first-order chi connectivity index (χ1) is 9.27. The van der Waals surface area contributed by atoms with Gasteiger partial charge in [-0.25, -0.2) is 0 Å². The molecular weight excluding hydrogens is 230 g/mol. The van der Waals surface area contributed by atoms with Crippen LogP contribution >= 0.6 is 0 Å². The smallest absolute Gasteiger partial charge is 0.0438 e. The molecule has 1 aromatic carbocycles. The average Bonchev–Trinajstić information content (AvgIpc) is 2.46. The molecule has 1 aromatic rings. The van der Waals surface area contributed by atoms with Gasteiger partial charge in [-0.2, -0.15) is 0 Å². The van der Waals surface area contributed by atoms with Crippen LogP contribution < -0.4 is 5.73 Å². The molecule has 2 unspecified atom stereocenters. The van der Waals surface area contributed by atoms with Crippen LogP contribution in [-0.2, 0) is 5.54 Å². The molecule has 1 saturated carbocycles. The second-order valence-electron chi connectivity index (χ2n) is 6.20. The molecule has 106 valence electrons. The molecule has 2 atom stereocenters. The minimum atomic E-state index is -0.0638. The van der Waals surface area contributed by atoms with E-state index in [-0.39, 0.29) is 5.54 Å². The average molecular weight is 259 g/mol. The molecule has 19 heavy (non-hydrogen) atoms. The fourth-order valence-electron chi connectivity index (χ4n) is 3.62. The summed E-state index contributed by atoms with van der Waals surface area (Å²) in [6.07, 6.45) is 11.9. The molecule has 1 fully saturated rings. The van der Waals surface area contributed by atoms with Crippen LogP contribution in [0.15, 0.2) is 30.3 Å². The normalized spacial score (nSPS) is 27.4. The summed E-state index contributed by atoms with van der Waals surface area (Å²) in [6.45, 7) is 2.28. The van der Waals surface area contributed by atoms with Gasteiger partial charge in [0.2, 0.25) is 0 Å². The van der Waals surface area contributed by atoms with Crippen molar-refractivity contribution in [2.45, 2.75) is 70.3 Å². The van der Waals surface area contributed by atoms with Crippen LogP contribution in [0.5, 0.6) is 0 Å². The van der Waals surface area contributed by atoms with Gasteiger partial charge < -0.3 is 5.73 Å². The lowest BCUT2D eigenvalue weighted by Crippen LogP contribution is -2.46. The van der Waals surface area contributed by atoms with Crippen molar-refractivity contribution >= 4 is 0 Å². The number of benzene rings is 1. The lowest BCUT2D eigenvalue weighted by molar-refractivity contribution is 0.174. The predicted molar refractivity (Wildman–Crippen MR) is 83.0 cm³/mol. The summed E-state index contributed by atoms with van der Waals surface area (Å²) in [5.74, 6) is 0.681. The Morgan fingerprint density at radius 2 is 1.89 bits per heavy atom. The monoisotopic (exact) mass is 259 g/mol. The highest BCUT2D eigenvalue weighted by Crippen LogP contribution is 2.42. The second kappa shape index (κ2) is 7.09. The van der Waals surface area contributed by atoms with Crippen LogP contribution in [0.1, 0.15) is 70.3 Å². The van der Waals surface area contributed by atoms with Crippen LogP contribution in [0.25, 0.3) is 0 Å². The Kier molecular flexibility index (Phi) is 5.45. The summed E-state index contributed by atoms with van der Waals surface area (Å²) in [5, 5.41) is 0. The van der Waals surface area contributed by atoms with E-state index in [1.165, 1.54) is 56.9 Å². The second-order valence-corrected chi connectivity index (χ2v) is 6.20. The third-order valence-corrected chi connectivity index (χ3v) is 4.84. The van der Waals surface area contributed by atoms with Gasteiger partial charge in [0.15, 0.2) is 0 Å². The van der Waals surface area contributed by atoms with Crippen molar-refractivity contribution in [1.82, 2.24) is 0 Å². The van der Waals surface area contributed by atoms with Gasteiger partial charge in [-0.3, -0.25) is 0 Å². The highest BCUT2D eigenvalue weighted by atomic mass is 14.8. The van der Waals surface area contributed by atoms with E-state index >= 15 is 0 Å². The number of rotatable bonds is 6. The molecule has 1 aliphatic rings. The highest BCUT2D eigenvalue weighted by Gasteiger charge is 2.37. The Morgan fingerprint density at radius 1 is 1.11 bits per heavy atom. The molecular formula is C18H29N. The molecule has 1 nitrogen and oxygen atoms in total. The lowest BCUT2D eigenvalue weighted by atomic mass is 9.68. The van der Waals surface area contributed by atoms with E-state index in [1.54, 1.807) is 0 Å². The quantitative estimate of drug-likeness (QED) is 0.715. The van der Waals surface area contributed by atoms with Crippen molar-refractivity contribution in [3.05, 3.63) is 35.9 Å². The minimum Gasteiger partial charge on any atom is -0.321 e. The van der Waals surface area contributed by atoms with E-state index in [0.717, 1.165) is 6.42 Å². The molecule has 2 rings (SSSR count). The van der Waals surface area contributed by atoms with Crippen molar-refractivity contribution in [3.63, 3.8) is 0 Å². The maximum atomic E-state index is 6.84. The zero-order chi connectivity index (χ0) is 13.6. The van der Waals surface area contributed by atoms with Crippen LogP contribution in [0.4, 0.5) is 0 Å². The molecule has 2 N–H and O–H groups in total. The maximum Gasteiger partial charge on any atom is 0.0438 e. The highest BCUT2D eigenvalue weighted by molar-refractivity contribution is 5.25. The molecule has 0 radical (unpaired) electrons. The molecule has 1 aliphatic carbocycles. The van der Waals surface area contributed by atoms with Gasteiger partial charge >= 0.3 is 0 Å². The first-order valence-electron chi connectivity index (χ1n) is 8.12. The fraction of sp³-hybridized carbons (Fsp3) is 0.667. The van der Waals surface area contributed by atoms with Gasteiger partial charge in [-0.15, -0.1) is 0 Å². The Morgan fingerprint density at radius 3 is 2.63 bits per heavy atom. The van der Waals surface area contributed by atoms with Gasteiger partial charge in [-0.1, -0.05) is 75.8 Å². The first-order valence-corrected chi connectivity index (χ1v) is 8.12. The Hall–Kier alpha value is -0.820. The van der Waals surface area contributed by atoms with Crippen molar-refractivity contribution in [2.24, 2.45) is 11.7 Å². The van der Waals surface area contributed by atoms with Gasteiger partial charge in [0, 0.05) is 5.54 Å². The van der Waals surface area contributed by atoms with E-state index in [1.807, 2.05) is 0 Å². The third-order valence-electron chi connectivity index (χ3n) is 4.84. The van der Waals surface area contributed by atoms with E-state index in [9.17, 15) is 0 Å². The summed E-state index contributed by atoms with van der Waals surface area (Å²) in [5.41, 5.74) is 8.13. The summed E-state index contributed by atoms with van der Waals surface area (Å²) >= 11 is 0. The van der Waals surface area contributed by atoms with Crippen LogP contribution in [0.2, 0.25) is 0 Å². The molecule has 0 aliphatic heterocycles. The zero-order valence-electron chi connectivity index (χ0n) is 12.4. The zero-order valence-corrected chi connectivity index (χ0v) is 12.4. The van der Waals surface area contributed by atoms with E-state index in [0.29, 0.717) is 5.92 Å². The van der Waals surface area contributed by atoms with Crippen LogP contribution in [0, 0.1) is 5.92 Å². The molecule has 0 saturated heterocycles. The third kappa shape index (κ3) is 3.60. The fourth-order valence-corrected chi connectivity index (χ4v) is 3.62. The molecule has 0 spiro atoms. The van der Waals surface area contributed by atoms with Crippen molar-refractivity contribution in [2.75, 3.05) is 0 Å². The minimum absolute atomic E-state index is 0.0638. The Labute approximate surface area is 118 Å². The van der Waals surface area contributed by atoms with Gasteiger partial charge in [-0.05, 0) is 30.7 Å². The van der Waals surface area contributed by atoms with Crippen molar-refractivity contribution < 1.29 is 0 Å². The standard InChI is InChI=1S/C18H29N/c1-2-3-4-6-11-17-14-9-10-15-18(17,19)16-12-7-5-8-13-16/h5,7-8,12-13,17H,2-4,6,9-11,14-15,19H2,1H3. The first kappa shape index (κ1) is 14.6. The van der Waals surface area contributed by atoms with Crippen LogP contribution in [0.3, 0.4) is 0 Å². The topological polar surface area (TPSA) is 26.0 Å². The summed E-state index contributed by atoms with van der Waals surface area (Å²) in [4.78, 5) is 0. The molecule has 0 heterocycles. The summed E-state index contributed by atoms with van der Waals surface area (Å²) in [7, 11) is 0. The van der Waals surface area contributed by atoms with Crippen molar-refractivity contribution in [3.8, 4) is 0 Å². The summed E-state index contributed by atoms with van der Waals surface area (Å²) in [6, 6.07) is 10.8. The SMILES string of the molecule is CCCCCCC1CCCCC1(N)c1ccccc1. The molecule has 0 aromatic heterocycles. The Bertz CT molecular complexity index is 359. The molecule has 0 bridgehead atoms. The molecule has 1 heteroatoms. The van der Waals surface area contributed by atoms with Gasteiger partial charge in [0.1, 0.15) is 0 Å². The van der Waals surface area contributed by atoms with E-state index < -0.39 is 0 Å². The van der Waals surface area contributed by atoms with Gasteiger partial charge in [0.25, 0.3) is 0 Å². The number of unbranched alkanes of at least 4 members (excludes halogenated alkanes) is 3. The number of hydrogen-bond acceptors (Lipinski definition) is 1. The van der Waals surface area contributed by atoms with Crippen molar-refractivity contribution in [1.29, 1.82) is 0 Å². The number of nitrogens with two attached hydrogens (primary N) is 1. The van der Waals surface area contributed by atoms with E-state index in [2.05, 4.69) is 37.3 Å². The van der Waals surface area contributed by atoms with Crippen LogP contribution in [-0.4, -0.2) is 0 Å². The van der Waals surface area contributed by atoms with Gasteiger partial charge in [0.05, 0.1) is 0 Å². The lowest BCUT2D eigenvalue weighted by Gasteiger charge is -2.42. The summed E-state index contributed by atoms with van der Waals surface area (Å²) < 4.78 is 0. The largest absolute Gasteiger partial charge is 0.321 e. The predicted octanol–water partition coefficient (Wildman–Crippen LogP) is 5.00.